The van der Waals surface area contributed by atoms with Gasteiger partial charge in [0, 0.05) is 39.6 Å². The van der Waals surface area contributed by atoms with Crippen LogP contribution in [0.4, 0.5) is 28.8 Å². The molecule has 0 fully saturated rings. The van der Waals surface area contributed by atoms with Crippen molar-refractivity contribution in [3.63, 3.8) is 0 Å². The predicted molar refractivity (Wildman–Crippen MR) is 141 cm³/mol. The Morgan fingerprint density at radius 3 is 0.432 bits per heavy atom. The molecule has 0 atom stereocenters. The maximum absolute atomic E-state index is 9.42. The number of carbonyl (C=O) groups is 6. The van der Waals surface area contributed by atoms with Gasteiger partial charge in [0.15, 0.2) is 0 Å². The summed E-state index contributed by atoms with van der Waals surface area (Å²) in [4.78, 5) is 56.5. The Kier molecular flexibility index (Phi) is 73.7. The summed E-state index contributed by atoms with van der Waals surface area (Å²) in [5.74, 6) is 0. The second-order valence-corrected chi connectivity index (χ2v) is 6.59. The Morgan fingerprint density at radius 2 is 0.409 bits per heavy atom. The summed E-state index contributed by atoms with van der Waals surface area (Å²) < 4.78 is 24.0. The first-order valence-corrected chi connectivity index (χ1v) is 12.6. The minimum absolute atomic E-state index is 0. The molecule has 44 heavy (non-hydrogen) atoms. The summed E-state index contributed by atoms with van der Waals surface area (Å²) in [6.45, 7) is 12.4. The monoisotopic (exact) mass is 640 g/mol. The van der Waals surface area contributed by atoms with Crippen LogP contribution in [0.1, 0.15) is 80.1 Å². The van der Waals surface area contributed by atoms with Crippen molar-refractivity contribution < 1.29 is 87.8 Å². The van der Waals surface area contributed by atoms with E-state index >= 15 is 0 Å². The Labute approximate surface area is 261 Å². The minimum atomic E-state index is -1.44. The molecule has 0 aromatic heterocycles. The number of carbonyl (C=O) groups excluding carboxylic acids is 6. The van der Waals surface area contributed by atoms with Gasteiger partial charge in [-0.15, -0.1) is 0 Å². The van der Waals surface area contributed by atoms with Crippen molar-refractivity contribution in [3.8, 4) is 0 Å². The standard InChI is InChI=1S/6C4H8O3.2B/c6*1-2-3-7-4(5)6;;/h6*2-3H2,1H3,(H,5,6);;/q;;;;;;2*+3/p-6. The topological polar surface area (TPSA) is 296 Å². The Bertz CT molecular complexity index is 511. The third-order valence-corrected chi connectivity index (χ3v) is 2.54. The van der Waals surface area contributed by atoms with Gasteiger partial charge in [-0.2, -0.15) is 0 Å². The van der Waals surface area contributed by atoms with E-state index in [4.69, 9.17) is 0 Å². The van der Waals surface area contributed by atoms with Crippen molar-refractivity contribution in [2.24, 2.45) is 0 Å². The first kappa shape index (κ1) is 59.2. The van der Waals surface area contributed by atoms with Gasteiger partial charge in [-0.3, -0.25) is 0 Å². The van der Waals surface area contributed by atoms with Crippen molar-refractivity contribution in [2.75, 3.05) is 39.6 Å². The molecule has 0 aromatic rings. The average Bonchev–Trinajstić information content (AvgIpc) is 2.91. The quantitative estimate of drug-likeness (QED) is 0.124. The fourth-order valence-corrected chi connectivity index (χ4v) is 1.11. The molecule has 18 nitrogen and oxygen atoms in total. The Hall–Kier alpha value is -4.25. The second-order valence-electron chi connectivity index (χ2n) is 6.59. The summed E-state index contributed by atoms with van der Waals surface area (Å²) >= 11 is 0. The molecule has 0 saturated carbocycles. The van der Waals surface area contributed by atoms with Gasteiger partial charge in [0.2, 0.25) is 0 Å². The molecule has 0 saturated heterocycles. The van der Waals surface area contributed by atoms with Crippen molar-refractivity contribution in [1.82, 2.24) is 0 Å². The van der Waals surface area contributed by atoms with Crippen LogP contribution in [-0.2, 0) is 28.4 Å². The number of hydrogen-bond donors (Lipinski definition) is 0. The average molecular weight is 640 g/mol. The van der Waals surface area contributed by atoms with Gasteiger partial charge in [0.1, 0.15) is 0 Å². The number of hydrogen-bond acceptors (Lipinski definition) is 18. The summed E-state index contributed by atoms with van der Waals surface area (Å²) in [5.41, 5.74) is 0. The maximum atomic E-state index is 9.42. The molecule has 0 aromatic carbocycles. The fourth-order valence-electron chi connectivity index (χ4n) is 1.11. The molecule has 0 radical (unpaired) electrons. The summed E-state index contributed by atoms with van der Waals surface area (Å²) in [6.07, 6.45) is -4.44. The van der Waals surface area contributed by atoms with E-state index in [0.717, 1.165) is 0 Å². The molecular weight excluding hydrogens is 598 g/mol. The van der Waals surface area contributed by atoms with E-state index in [1.165, 1.54) is 0 Å². The molecule has 0 unspecified atom stereocenters. The third-order valence-electron chi connectivity index (χ3n) is 2.54. The zero-order valence-corrected chi connectivity index (χ0v) is 26.0. The van der Waals surface area contributed by atoms with E-state index in [1.807, 2.05) is 41.5 Å². The SMILES string of the molecule is CCCOC(=O)[O-].CCCOC(=O)[O-].CCCOC(=O)[O-].CCCOC(=O)[O-].CCCOC(=O)[O-].CCCOC(=O)[O-].[B+3].[B+3]. The number of carboxylic acid groups (broad SMARTS) is 6. The molecular formula is C24H42B2O18. The van der Waals surface area contributed by atoms with Gasteiger partial charge in [0.25, 0.3) is 36.9 Å². The van der Waals surface area contributed by atoms with E-state index in [2.05, 4.69) is 28.4 Å². The number of rotatable bonds is 12. The van der Waals surface area contributed by atoms with Gasteiger partial charge in [-0.1, -0.05) is 41.5 Å². The van der Waals surface area contributed by atoms with Crippen LogP contribution in [-0.4, -0.2) is 93.4 Å². The fraction of sp³-hybridized carbons (Fsp3) is 0.750. The third kappa shape index (κ3) is 131. The predicted octanol–water partition coefficient (Wildman–Crippen LogP) is -2.22. The normalized spacial score (nSPS) is 7.77. The molecule has 0 aliphatic rings. The molecule has 0 N–H and O–H groups in total. The van der Waals surface area contributed by atoms with Crippen molar-refractivity contribution >= 4 is 53.8 Å². The summed E-state index contributed by atoms with van der Waals surface area (Å²) in [6, 6.07) is 0. The molecule has 0 aliphatic carbocycles. The van der Waals surface area contributed by atoms with Gasteiger partial charge < -0.3 is 87.8 Å². The zero-order valence-electron chi connectivity index (χ0n) is 26.0. The molecule has 0 rings (SSSR count). The van der Waals surface area contributed by atoms with E-state index in [9.17, 15) is 59.4 Å². The summed E-state index contributed by atoms with van der Waals surface area (Å²) in [7, 11) is 0. The van der Waals surface area contributed by atoms with Crippen LogP contribution in [0.15, 0.2) is 0 Å². The first-order valence-electron chi connectivity index (χ1n) is 12.6. The molecule has 0 spiro atoms. The smallest absolute Gasteiger partial charge is 0.550 e. The Morgan fingerprint density at radius 1 is 0.318 bits per heavy atom. The molecule has 0 amide bonds. The van der Waals surface area contributed by atoms with E-state index in [-0.39, 0.29) is 56.5 Å². The van der Waals surface area contributed by atoms with E-state index in [0.29, 0.717) is 38.5 Å². The second kappa shape index (κ2) is 54.8. The van der Waals surface area contributed by atoms with Crippen LogP contribution in [0.5, 0.6) is 0 Å². The van der Waals surface area contributed by atoms with Gasteiger partial charge in [-0.05, 0) is 38.5 Å². The molecule has 0 bridgehead atoms. The Balaban J connectivity index is -0.0000000584. The van der Waals surface area contributed by atoms with Crippen LogP contribution in [0, 0.1) is 0 Å². The van der Waals surface area contributed by atoms with Gasteiger partial charge in [0.05, 0.1) is 0 Å². The van der Waals surface area contributed by atoms with Crippen molar-refractivity contribution in [2.45, 2.75) is 80.1 Å². The number of ether oxygens (including phenoxy) is 6. The molecule has 252 valence electrons. The maximum Gasteiger partial charge on any atom is 3.00 e. The van der Waals surface area contributed by atoms with Crippen LogP contribution >= 0.6 is 0 Å². The van der Waals surface area contributed by atoms with Crippen LogP contribution in [0.3, 0.4) is 0 Å². The van der Waals surface area contributed by atoms with Crippen LogP contribution in [0.25, 0.3) is 0 Å². The van der Waals surface area contributed by atoms with E-state index < -0.39 is 36.9 Å². The molecule has 0 heterocycles. The van der Waals surface area contributed by atoms with Gasteiger partial charge >= 0.3 is 16.8 Å². The zero-order chi connectivity index (χ0) is 34.2. The first-order chi connectivity index (χ1) is 19.6. The van der Waals surface area contributed by atoms with Crippen molar-refractivity contribution in [3.05, 3.63) is 0 Å². The van der Waals surface area contributed by atoms with E-state index in [1.54, 1.807) is 0 Å². The minimum Gasteiger partial charge on any atom is -0.550 e. The molecule has 0 aliphatic heterocycles. The largest absolute Gasteiger partial charge is 3.00 e. The van der Waals surface area contributed by atoms with Crippen LogP contribution in [0.2, 0.25) is 0 Å². The summed E-state index contributed by atoms with van der Waals surface area (Å²) in [5, 5.41) is 56.5. The van der Waals surface area contributed by atoms with Crippen molar-refractivity contribution in [1.29, 1.82) is 0 Å². The van der Waals surface area contributed by atoms with Gasteiger partial charge in [-0.25, -0.2) is 0 Å². The molecule has 20 heteroatoms. The van der Waals surface area contributed by atoms with Crippen LogP contribution < -0.4 is 30.6 Å².